The van der Waals surface area contributed by atoms with E-state index >= 15 is 0 Å². The van der Waals surface area contributed by atoms with Gasteiger partial charge in [0.25, 0.3) is 0 Å². The first-order valence-electron chi connectivity index (χ1n) is 8.66. The Bertz CT molecular complexity index is 622. The summed E-state index contributed by atoms with van der Waals surface area (Å²) in [5.74, 6) is 1.01. The quantitative estimate of drug-likeness (QED) is 0.818. The minimum Gasteiger partial charge on any atom is -0.489 e. The Morgan fingerprint density at radius 1 is 1.36 bits per heavy atom. The van der Waals surface area contributed by atoms with Crippen molar-refractivity contribution >= 4 is 5.91 Å². The smallest absolute Gasteiger partial charge is 0.387 e. The van der Waals surface area contributed by atoms with E-state index in [1.54, 1.807) is 17.0 Å². The third-order valence-corrected chi connectivity index (χ3v) is 4.92. The van der Waals surface area contributed by atoms with Crippen molar-refractivity contribution in [3.8, 4) is 11.5 Å². The first-order chi connectivity index (χ1) is 12.0. The van der Waals surface area contributed by atoms with Gasteiger partial charge in [-0.25, -0.2) is 0 Å². The van der Waals surface area contributed by atoms with Crippen molar-refractivity contribution in [2.45, 2.75) is 44.8 Å². The van der Waals surface area contributed by atoms with Gasteiger partial charge in [-0.05, 0) is 42.9 Å². The number of nitrogens with two attached hydrogens (primary N) is 1. The molecule has 1 saturated heterocycles. The van der Waals surface area contributed by atoms with Gasteiger partial charge < -0.3 is 20.1 Å². The fourth-order valence-electron chi connectivity index (χ4n) is 3.34. The number of alkyl halides is 2. The summed E-state index contributed by atoms with van der Waals surface area (Å²) >= 11 is 0. The molecule has 25 heavy (non-hydrogen) atoms. The summed E-state index contributed by atoms with van der Waals surface area (Å²) in [5, 5.41) is 0. The Kier molecular flexibility index (Phi) is 5.42. The fraction of sp³-hybridized carbons (Fsp3) is 0.611. The van der Waals surface area contributed by atoms with E-state index in [2.05, 4.69) is 4.74 Å². The van der Waals surface area contributed by atoms with Crippen LogP contribution < -0.4 is 15.2 Å². The summed E-state index contributed by atoms with van der Waals surface area (Å²) in [7, 11) is 0. The summed E-state index contributed by atoms with van der Waals surface area (Å²) in [6, 6.07) is 5.07. The van der Waals surface area contributed by atoms with Crippen LogP contribution in [0.15, 0.2) is 18.2 Å². The van der Waals surface area contributed by atoms with Gasteiger partial charge in [0.1, 0.15) is 0 Å². The SMILES string of the molecule is CC(=O)N1CC(c2ccc(OC(F)F)c(OCC3CC3)c2)C[C@@H]1CN. The second kappa shape index (κ2) is 7.56. The molecule has 0 radical (unpaired) electrons. The summed E-state index contributed by atoms with van der Waals surface area (Å²) in [4.78, 5) is 13.5. The van der Waals surface area contributed by atoms with Gasteiger partial charge >= 0.3 is 6.61 Å². The van der Waals surface area contributed by atoms with E-state index < -0.39 is 6.61 Å². The number of carbonyl (C=O) groups excluding carboxylic acids is 1. The molecule has 1 aliphatic carbocycles. The van der Waals surface area contributed by atoms with Crippen LogP contribution in [0.25, 0.3) is 0 Å². The molecule has 0 spiro atoms. The van der Waals surface area contributed by atoms with Crippen LogP contribution in [-0.4, -0.2) is 43.2 Å². The van der Waals surface area contributed by atoms with Gasteiger partial charge in [0, 0.05) is 32.0 Å². The molecular formula is C18H24F2N2O3. The molecule has 138 valence electrons. The van der Waals surface area contributed by atoms with Crippen LogP contribution in [-0.2, 0) is 4.79 Å². The number of ether oxygens (including phenoxy) is 2. The number of likely N-dealkylation sites (tertiary alicyclic amines) is 1. The number of rotatable bonds is 7. The number of benzene rings is 1. The summed E-state index contributed by atoms with van der Waals surface area (Å²) < 4.78 is 35.5. The molecule has 3 rings (SSSR count). The van der Waals surface area contributed by atoms with E-state index in [4.69, 9.17) is 10.5 Å². The lowest BCUT2D eigenvalue weighted by Gasteiger charge is -2.21. The minimum absolute atomic E-state index is 0.000751. The minimum atomic E-state index is -2.89. The Hall–Kier alpha value is -1.89. The molecule has 1 saturated carbocycles. The van der Waals surface area contributed by atoms with Crippen LogP contribution in [0.2, 0.25) is 0 Å². The summed E-state index contributed by atoms with van der Waals surface area (Å²) in [6.07, 6.45) is 2.98. The second-order valence-corrected chi connectivity index (χ2v) is 6.83. The van der Waals surface area contributed by atoms with Crippen molar-refractivity contribution in [2.24, 2.45) is 11.7 Å². The zero-order valence-electron chi connectivity index (χ0n) is 14.3. The number of nitrogens with zero attached hydrogens (tertiary/aromatic N) is 1. The van der Waals surface area contributed by atoms with Gasteiger partial charge in [-0.15, -0.1) is 0 Å². The van der Waals surface area contributed by atoms with Crippen LogP contribution in [0.4, 0.5) is 8.78 Å². The molecule has 1 aromatic carbocycles. The number of amides is 1. The number of halogens is 2. The Labute approximate surface area is 146 Å². The first-order valence-corrected chi connectivity index (χ1v) is 8.66. The van der Waals surface area contributed by atoms with Gasteiger partial charge in [-0.2, -0.15) is 8.78 Å². The van der Waals surface area contributed by atoms with Crippen LogP contribution in [0.5, 0.6) is 11.5 Å². The van der Waals surface area contributed by atoms with Crippen molar-refractivity contribution in [2.75, 3.05) is 19.7 Å². The largest absolute Gasteiger partial charge is 0.489 e. The average Bonchev–Trinajstić information content (AvgIpc) is 3.29. The van der Waals surface area contributed by atoms with Crippen LogP contribution in [0, 0.1) is 5.92 Å². The fourth-order valence-corrected chi connectivity index (χ4v) is 3.34. The lowest BCUT2D eigenvalue weighted by molar-refractivity contribution is -0.129. The molecule has 5 nitrogen and oxygen atoms in total. The molecule has 7 heteroatoms. The van der Waals surface area contributed by atoms with E-state index in [0.29, 0.717) is 31.4 Å². The van der Waals surface area contributed by atoms with Crippen molar-refractivity contribution in [3.63, 3.8) is 0 Å². The lowest BCUT2D eigenvalue weighted by Crippen LogP contribution is -2.38. The molecule has 0 aromatic heterocycles. The van der Waals surface area contributed by atoms with Gasteiger partial charge in [-0.1, -0.05) is 6.07 Å². The van der Waals surface area contributed by atoms with Crippen molar-refractivity contribution in [1.82, 2.24) is 4.90 Å². The van der Waals surface area contributed by atoms with E-state index in [0.717, 1.165) is 24.8 Å². The third-order valence-electron chi connectivity index (χ3n) is 4.92. The molecule has 2 atom stereocenters. The number of hydrogen-bond donors (Lipinski definition) is 1. The molecule has 1 unspecified atom stereocenters. The average molecular weight is 354 g/mol. The molecule has 0 bridgehead atoms. The number of hydrogen-bond acceptors (Lipinski definition) is 4. The molecule has 1 heterocycles. The predicted molar refractivity (Wildman–Crippen MR) is 88.9 cm³/mol. The normalized spacial score (nSPS) is 23.2. The van der Waals surface area contributed by atoms with Crippen LogP contribution in [0.3, 0.4) is 0 Å². The molecule has 2 N–H and O–H groups in total. The highest BCUT2D eigenvalue weighted by atomic mass is 19.3. The molecule has 2 fully saturated rings. The van der Waals surface area contributed by atoms with E-state index in [1.165, 1.54) is 13.0 Å². The summed E-state index contributed by atoms with van der Waals surface area (Å²) in [5.41, 5.74) is 6.73. The second-order valence-electron chi connectivity index (χ2n) is 6.83. The standard InChI is InChI=1S/C18H24F2N2O3/c1-11(23)22-9-14(6-15(22)8-21)13-4-5-16(25-18(19)20)17(7-13)24-10-12-2-3-12/h4-5,7,12,14-15,18H,2-3,6,8-10,21H2,1H3/t14?,15-/m1/s1. The Morgan fingerprint density at radius 2 is 2.12 bits per heavy atom. The first kappa shape index (κ1) is 17.9. The Morgan fingerprint density at radius 3 is 2.68 bits per heavy atom. The monoisotopic (exact) mass is 354 g/mol. The van der Waals surface area contributed by atoms with Gasteiger partial charge in [-0.3, -0.25) is 4.79 Å². The highest BCUT2D eigenvalue weighted by Gasteiger charge is 2.34. The van der Waals surface area contributed by atoms with Crippen molar-refractivity contribution in [1.29, 1.82) is 0 Å². The third kappa shape index (κ3) is 4.39. The maximum Gasteiger partial charge on any atom is 0.387 e. The van der Waals surface area contributed by atoms with E-state index in [1.807, 2.05) is 0 Å². The highest BCUT2D eigenvalue weighted by Crippen LogP contribution is 2.38. The maximum absolute atomic E-state index is 12.6. The zero-order valence-corrected chi connectivity index (χ0v) is 14.3. The lowest BCUT2D eigenvalue weighted by atomic mass is 9.96. The highest BCUT2D eigenvalue weighted by molar-refractivity contribution is 5.74. The van der Waals surface area contributed by atoms with Crippen LogP contribution in [0.1, 0.15) is 37.7 Å². The van der Waals surface area contributed by atoms with Crippen molar-refractivity contribution in [3.05, 3.63) is 23.8 Å². The predicted octanol–water partition coefficient (Wildman–Crippen LogP) is 2.74. The van der Waals surface area contributed by atoms with Crippen LogP contribution >= 0.6 is 0 Å². The van der Waals surface area contributed by atoms with Gasteiger partial charge in [0.2, 0.25) is 5.91 Å². The maximum atomic E-state index is 12.6. The van der Waals surface area contributed by atoms with Crippen molar-refractivity contribution < 1.29 is 23.0 Å². The number of carbonyl (C=O) groups is 1. The topological polar surface area (TPSA) is 64.8 Å². The molecule has 2 aliphatic rings. The van der Waals surface area contributed by atoms with E-state index in [9.17, 15) is 13.6 Å². The zero-order chi connectivity index (χ0) is 18.0. The molecular weight excluding hydrogens is 330 g/mol. The van der Waals surface area contributed by atoms with E-state index in [-0.39, 0.29) is 23.6 Å². The molecule has 1 aliphatic heterocycles. The Balaban J connectivity index is 1.78. The van der Waals surface area contributed by atoms with Gasteiger partial charge in [0.05, 0.1) is 6.61 Å². The molecule has 1 amide bonds. The molecule has 1 aromatic rings. The summed E-state index contributed by atoms with van der Waals surface area (Å²) in [6.45, 7) is 0.144. The van der Waals surface area contributed by atoms with Gasteiger partial charge in [0.15, 0.2) is 11.5 Å².